The summed E-state index contributed by atoms with van der Waals surface area (Å²) < 4.78 is 0. The molecule has 0 aliphatic heterocycles. The van der Waals surface area contributed by atoms with Gasteiger partial charge in [-0.25, -0.2) is 0 Å². The molecule has 0 aliphatic carbocycles. The first-order valence-corrected chi connectivity index (χ1v) is 2.68. The molecule has 0 aromatic rings. The molecule has 0 saturated heterocycles. The van der Waals surface area contributed by atoms with Gasteiger partial charge >= 0.3 is 69.8 Å². The Hall–Kier alpha value is 2.37. The van der Waals surface area contributed by atoms with Gasteiger partial charge in [0.25, 0.3) is 0 Å². The van der Waals surface area contributed by atoms with Crippen molar-refractivity contribution in [3.05, 3.63) is 0 Å². The first-order chi connectivity index (χ1) is 2.00. The average molecular weight is 201 g/mol. The van der Waals surface area contributed by atoms with E-state index in [1.54, 1.807) is 0 Å². The maximum atomic E-state index is 7.33. The van der Waals surface area contributed by atoms with E-state index in [4.69, 9.17) is 19.2 Å². The van der Waals surface area contributed by atoms with Crippen LogP contribution in [0.3, 0.4) is 0 Å². The van der Waals surface area contributed by atoms with Crippen LogP contribution in [-0.4, -0.2) is 89.0 Å². The second-order valence-electron chi connectivity index (χ2n) is 0.600. The Morgan fingerprint density at radius 2 is 0.875 bits per heavy atom. The molecule has 0 rings (SSSR count). The van der Waals surface area contributed by atoms with E-state index in [0.717, 1.165) is 0 Å². The Bertz CT molecular complexity index is 31.5. The van der Waals surface area contributed by atoms with Gasteiger partial charge in [0.1, 0.15) is 0 Å². The monoisotopic (exact) mass is 200 g/mol. The summed E-state index contributed by atoms with van der Waals surface area (Å²) in [7, 11) is -4.61. The second-order valence-corrected chi connectivity index (χ2v) is 1.80. The minimum Gasteiger partial charge on any atom is 0.316 e. The van der Waals surface area contributed by atoms with Gasteiger partial charge in [-0.3, -0.25) is 0 Å². The van der Waals surface area contributed by atoms with E-state index in [0.29, 0.717) is 0 Å². The van der Waals surface area contributed by atoms with Crippen LogP contribution in [-0.2, 0) is 0 Å². The van der Waals surface area contributed by atoms with E-state index in [1.165, 1.54) is 0 Å². The molecule has 48 valence electrons. The zero-order valence-corrected chi connectivity index (χ0v) is 4.51. The number of hydrogen-bond acceptors (Lipinski definition) is 4. The van der Waals surface area contributed by atoms with Crippen LogP contribution in [0.15, 0.2) is 0 Å². The minimum atomic E-state index is -4.61. The van der Waals surface area contributed by atoms with Crippen LogP contribution in [0.5, 0.6) is 0 Å². The van der Waals surface area contributed by atoms with Gasteiger partial charge in [0.05, 0.1) is 0 Å². The molecule has 0 aromatic carbocycles. The van der Waals surface area contributed by atoms with Gasteiger partial charge in [0.15, 0.2) is 0 Å². The summed E-state index contributed by atoms with van der Waals surface area (Å²) in [6.45, 7) is 0. The first kappa shape index (κ1) is 22.4. The van der Waals surface area contributed by atoms with Crippen molar-refractivity contribution in [1.82, 2.24) is 0 Å². The number of hydrogen-bond donors (Lipinski definition) is 4. The van der Waals surface area contributed by atoms with Crippen molar-refractivity contribution in [2.75, 3.05) is 0 Å². The molecule has 0 aliphatic rings. The Labute approximate surface area is 100.0 Å². The third kappa shape index (κ3) is 80.8. The fraction of sp³-hybridized carbons (Fsp3) is 0. The summed E-state index contributed by atoms with van der Waals surface area (Å²) in [5, 5.41) is 0. The van der Waals surface area contributed by atoms with Crippen molar-refractivity contribution in [2.45, 2.75) is 0 Å². The summed E-state index contributed by atoms with van der Waals surface area (Å²) in [6, 6.07) is 0. The number of halogens is 1. The van der Waals surface area contributed by atoms with Crippen LogP contribution in [0.2, 0.25) is 0 Å². The van der Waals surface area contributed by atoms with E-state index >= 15 is 0 Å². The molecular weight excluding hydrogens is 192 g/mol. The van der Waals surface area contributed by atoms with Crippen LogP contribution in [0.4, 0.5) is 0 Å². The van der Waals surface area contributed by atoms with Gasteiger partial charge in [-0.15, -0.1) is 12.4 Å². The van der Waals surface area contributed by atoms with E-state index in [9.17, 15) is 0 Å². The molecule has 4 nitrogen and oxygen atoms in total. The molecule has 0 bridgehead atoms. The largest absolute Gasteiger partial charge is 0.316 e. The van der Waals surface area contributed by atoms with Crippen LogP contribution in [0, 0.1) is 0 Å². The minimum absolute atomic E-state index is 0. The second kappa shape index (κ2) is 9.37. The van der Waals surface area contributed by atoms with Crippen LogP contribution < -0.4 is 0 Å². The zero-order valence-electron chi connectivity index (χ0n) is 2.70. The third-order valence-corrected chi connectivity index (χ3v) is 0. The molecule has 0 unspecified atom stereocenters. The topological polar surface area (TPSA) is 80.9 Å². The summed E-state index contributed by atoms with van der Waals surface area (Å²) in [4.78, 5) is 29.3. The van der Waals surface area contributed by atoms with Crippen molar-refractivity contribution in [3.63, 3.8) is 0 Å². The Morgan fingerprint density at radius 3 is 0.875 bits per heavy atom. The van der Waals surface area contributed by atoms with E-state index in [2.05, 4.69) is 0 Å². The Balaban J connectivity index is -0.0000000267. The van der Waals surface area contributed by atoms with Gasteiger partial charge in [-0.05, 0) is 0 Å². The van der Waals surface area contributed by atoms with Crippen LogP contribution in [0.1, 0.15) is 0 Å². The predicted molar refractivity (Wildman–Crippen MR) is 39.0 cm³/mol. The van der Waals surface area contributed by atoms with Crippen LogP contribution >= 0.6 is 12.4 Å². The van der Waals surface area contributed by atoms with Crippen LogP contribution in [0.25, 0.3) is 0 Å². The molecule has 0 aromatic heterocycles. The third-order valence-electron chi connectivity index (χ3n) is 0. The molecule has 8 heavy (non-hydrogen) atoms. The quantitative estimate of drug-likeness (QED) is 0.301. The maximum absolute atomic E-state index is 7.33. The molecule has 0 spiro atoms. The predicted octanol–water partition coefficient (Wildman–Crippen LogP) is -4.02. The molecule has 0 fully saturated rings. The number of rotatable bonds is 0. The fourth-order valence-corrected chi connectivity index (χ4v) is 0. The summed E-state index contributed by atoms with van der Waals surface area (Å²) in [5.74, 6) is 0. The van der Waals surface area contributed by atoms with E-state index in [-0.39, 0.29) is 73.2 Å². The smallest absolute Gasteiger partial charge is 0.316 e. The summed E-state index contributed by atoms with van der Waals surface area (Å²) in [5.41, 5.74) is 0. The molecule has 0 atom stereocenters. The average Bonchev–Trinajstić information content (AvgIpc) is 0.722. The van der Waals surface area contributed by atoms with Gasteiger partial charge < -0.3 is 19.2 Å². The molecule has 0 saturated carbocycles. The molecule has 8 heteroatoms. The molecule has 0 amide bonds. The van der Waals surface area contributed by atoms with Crippen molar-refractivity contribution >= 4 is 82.2 Å². The van der Waals surface area contributed by atoms with Gasteiger partial charge in [-0.1, -0.05) is 0 Å². The van der Waals surface area contributed by atoms with E-state index < -0.39 is 9.05 Å². The van der Waals surface area contributed by atoms with Crippen molar-refractivity contribution in [2.24, 2.45) is 0 Å². The Kier molecular flexibility index (Phi) is 26.3. The van der Waals surface area contributed by atoms with Gasteiger partial charge in [0.2, 0.25) is 0 Å². The Morgan fingerprint density at radius 1 is 0.875 bits per heavy atom. The standard InChI is InChI=1S/Ca.ClH.Mg.H4O4Si.4H/c;;;1-5(2,3)4;;;;/h;1H;;1-4H;;;;. The molecule has 0 radical (unpaired) electrons. The van der Waals surface area contributed by atoms with Crippen molar-refractivity contribution in [3.8, 4) is 0 Å². The van der Waals surface area contributed by atoms with Gasteiger partial charge in [0, 0.05) is 0 Å². The normalized spacial score (nSPS) is 7.50. The zero-order chi connectivity index (χ0) is 4.50. The SMILES string of the molecule is Cl.O[Si](O)(O)O.[CaH2].[MgH2]. The van der Waals surface area contributed by atoms with Crippen molar-refractivity contribution < 1.29 is 19.2 Å². The summed E-state index contributed by atoms with van der Waals surface area (Å²) in [6.07, 6.45) is 0. The first-order valence-electron chi connectivity index (χ1n) is 0.894. The van der Waals surface area contributed by atoms with E-state index in [1.807, 2.05) is 0 Å². The molecule has 4 N–H and O–H groups in total. The molecule has 0 heterocycles. The fourth-order valence-electron chi connectivity index (χ4n) is 0. The maximum Gasteiger partial charge on any atom is 0.316 e. The molecular formula is H9CaClMgO4Si. The van der Waals surface area contributed by atoms with Crippen molar-refractivity contribution in [1.29, 1.82) is 0 Å². The summed E-state index contributed by atoms with van der Waals surface area (Å²) >= 11 is 0. The van der Waals surface area contributed by atoms with Gasteiger partial charge in [-0.2, -0.15) is 0 Å².